The summed E-state index contributed by atoms with van der Waals surface area (Å²) in [6, 6.07) is 3.54. The summed E-state index contributed by atoms with van der Waals surface area (Å²) >= 11 is 1.21. The van der Waals surface area contributed by atoms with Crippen LogP contribution in [-0.4, -0.2) is 52.7 Å². The van der Waals surface area contributed by atoms with Gasteiger partial charge >= 0.3 is 0 Å². The Bertz CT molecular complexity index is 1060. The fraction of sp³-hybridized carbons (Fsp3) is 0.640. The Hall–Kier alpha value is -2.07. The SMILES string of the molecule is O=C(CNC12CC3CC(CC(O)(C3)C1)C2)Nc1nc(-c2ccco2)c(C(=O)C2CCOCC2)s1. The van der Waals surface area contributed by atoms with E-state index in [1.165, 1.54) is 17.8 Å². The molecule has 9 heteroatoms. The van der Waals surface area contributed by atoms with Gasteiger partial charge in [0.2, 0.25) is 5.91 Å². The van der Waals surface area contributed by atoms with Crippen LogP contribution in [0.1, 0.15) is 61.0 Å². The van der Waals surface area contributed by atoms with Gasteiger partial charge in [0.05, 0.1) is 18.4 Å². The number of thiazole rings is 1. The van der Waals surface area contributed by atoms with E-state index in [1.54, 1.807) is 18.4 Å². The van der Waals surface area contributed by atoms with Gasteiger partial charge in [0, 0.05) is 24.7 Å². The van der Waals surface area contributed by atoms with E-state index in [1.807, 2.05) is 0 Å². The molecule has 34 heavy (non-hydrogen) atoms. The highest BCUT2D eigenvalue weighted by Gasteiger charge is 2.57. The highest BCUT2D eigenvalue weighted by Crippen LogP contribution is 2.57. The van der Waals surface area contributed by atoms with Crippen molar-refractivity contribution in [1.82, 2.24) is 10.3 Å². The molecule has 0 spiro atoms. The summed E-state index contributed by atoms with van der Waals surface area (Å²) in [5.41, 5.74) is -0.235. The quantitative estimate of drug-likeness (QED) is 0.513. The Balaban J connectivity index is 1.15. The number of hydrogen-bond acceptors (Lipinski definition) is 8. The number of carbonyl (C=O) groups excluding carboxylic acids is 2. The van der Waals surface area contributed by atoms with Crippen LogP contribution in [0.4, 0.5) is 5.13 Å². The van der Waals surface area contributed by atoms with Gasteiger partial charge in [0.15, 0.2) is 16.7 Å². The molecule has 0 aromatic carbocycles. The number of carbonyl (C=O) groups is 2. The van der Waals surface area contributed by atoms with Gasteiger partial charge in [-0.2, -0.15) is 0 Å². The van der Waals surface area contributed by atoms with Crippen LogP contribution in [0.25, 0.3) is 11.5 Å². The minimum atomic E-state index is -0.569. The minimum Gasteiger partial charge on any atom is -0.463 e. The molecule has 2 atom stereocenters. The first-order chi connectivity index (χ1) is 16.4. The maximum absolute atomic E-state index is 13.3. The van der Waals surface area contributed by atoms with E-state index in [4.69, 9.17) is 9.15 Å². The summed E-state index contributed by atoms with van der Waals surface area (Å²) in [5.74, 6) is 1.37. The fourth-order valence-corrected chi connectivity index (χ4v) is 8.12. The number of nitrogens with one attached hydrogen (secondary N) is 2. The molecule has 2 aromatic heterocycles. The van der Waals surface area contributed by atoms with E-state index in [0.29, 0.717) is 59.4 Å². The zero-order chi connectivity index (χ0) is 23.3. The van der Waals surface area contributed by atoms with E-state index >= 15 is 0 Å². The lowest BCUT2D eigenvalue weighted by molar-refractivity contribution is -0.144. The summed E-state index contributed by atoms with van der Waals surface area (Å²) in [7, 11) is 0. The zero-order valence-corrected chi connectivity index (χ0v) is 20.0. The molecule has 8 nitrogen and oxygen atoms in total. The second-order valence-corrected chi connectivity index (χ2v) is 11.8. The van der Waals surface area contributed by atoms with E-state index < -0.39 is 5.60 Å². The highest BCUT2D eigenvalue weighted by atomic mass is 32.1. The lowest BCUT2D eigenvalue weighted by Gasteiger charge is -2.60. The molecule has 4 bridgehead atoms. The molecule has 4 aliphatic carbocycles. The molecular weight excluding hydrogens is 454 g/mol. The fourth-order valence-electron chi connectivity index (χ4n) is 7.12. The van der Waals surface area contributed by atoms with Gasteiger partial charge in [-0.15, -0.1) is 0 Å². The molecule has 5 aliphatic rings. The van der Waals surface area contributed by atoms with Crippen molar-refractivity contribution in [2.24, 2.45) is 17.8 Å². The monoisotopic (exact) mass is 485 g/mol. The Morgan fingerprint density at radius 2 is 1.94 bits per heavy atom. The third kappa shape index (κ3) is 4.23. The Kier molecular flexibility index (Phi) is 5.63. The number of anilines is 1. The first-order valence-corrected chi connectivity index (χ1v) is 13.2. The highest BCUT2D eigenvalue weighted by molar-refractivity contribution is 7.18. The smallest absolute Gasteiger partial charge is 0.240 e. The molecule has 1 aliphatic heterocycles. The molecule has 0 radical (unpaired) electrons. The van der Waals surface area contributed by atoms with Gasteiger partial charge in [-0.1, -0.05) is 11.3 Å². The molecule has 1 saturated heterocycles. The van der Waals surface area contributed by atoms with Crippen LogP contribution in [0.15, 0.2) is 22.8 Å². The van der Waals surface area contributed by atoms with Gasteiger partial charge in [-0.25, -0.2) is 4.98 Å². The standard InChI is InChI=1S/C25H31N3O5S/c29-19(13-26-24-9-15-8-16(10-24)12-25(31,11-15)14-24)27-23-28-20(18-2-1-5-33-18)22(34-23)21(30)17-3-6-32-7-4-17/h1-2,5,15-17,26,31H,3-4,6-14H2,(H,27,28,29). The molecule has 2 aromatic rings. The Morgan fingerprint density at radius 1 is 1.18 bits per heavy atom. The van der Waals surface area contributed by atoms with Crippen molar-refractivity contribution in [3.8, 4) is 11.5 Å². The molecule has 2 unspecified atom stereocenters. The third-order valence-electron chi connectivity index (χ3n) is 8.10. The summed E-state index contributed by atoms with van der Waals surface area (Å²) in [6.45, 7) is 1.33. The number of hydrogen-bond donors (Lipinski definition) is 3. The van der Waals surface area contributed by atoms with Crippen molar-refractivity contribution in [2.75, 3.05) is 25.1 Å². The number of rotatable bonds is 7. The molecule has 4 saturated carbocycles. The second kappa shape index (κ2) is 8.55. The number of nitrogens with zero attached hydrogens (tertiary/aromatic N) is 1. The summed E-state index contributed by atoms with van der Waals surface area (Å²) in [4.78, 5) is 31.2. The van der Waals surface area contributed by atoms with Crippen LogP contribution in [0.3, 0.4) is 0 Å². The van der Waals surface area contributed by atoms with Gasteiger partial charge in [-0.05, 0) is 75.3 Å². The van der Waals surface area contributed by atoms with Crippen LogP contribution in [-0.2, 0) is 9.53 Å². The second-order valence-electron chi connectivity index (χ2n) is 10.8. The number of aliphatic hydroxyl groups is 1. The minimum absolute atomic E-state index is 0.0348. The van der Waals surface area contributed by atoms with Crippen molar-refractivity contribution >= 4 is 28.2 Å². The number of ketones is 1. The summed E-state index contributed by atoms with van der Waals surface area (Å²) in [6.07, 6.45) is 8.73. The molecule has 182 valence electrons. The first-order valence-electron chi connectivity index (χ1n) is 12.3. The Labute approximate surface area is 202 Å². The maximum atomic E-state index is 13.3. The van der Waals surface area contributed by atoms with Crippen LogP contribution in [0.5, 0.6) is 0 Å². The van der Waals surface area contributed by atoms with Crippen molar-refractivity contribution < 1.29 is 23.8 Å². The van der Waals surface area contributed by atoms with Crippen LogP contribution >= 0.6 is 11.3 Å². The topological polar surface area (TPSA) is 114 Å². The number of amides is 1. The predicted octanol–water partition coefficient (Wildman–Crippen LogP) is 3.62. The normalized spacial score (nSPS) is 32.7. The molecule has 7 rings (SSSR count). The number of Topliss-reactive ketones (excluding diaryl/α,β-unsaturated/α-hetero) is 1. The van der Waals surface area contributed by atoms with Crippen LogP contribution in [0, 0.1) is 17.8 Å². The largest absolute Gasteiger partial charge is 0.463 e. The number of furan rings is 1. The van der Waals surface area contributed by atoms with Crippen molar-refractivity contribution in [2.45, 2.75) is 62.5 Å². The van der Waals surface area contributed by atoms with E-state index in [9.17, 15) is 14.7 Å². The Morgan fingerprint density at radius 3 is 2.62 bits per heavy atom. The average molecular weight is 486 g/mol. The van der Waals surface area contributed by atoms with Crippen molar-refractivity contribution in [3.05, 3.63) is 23.3 Å². The lowest BCUT2D eigenvalue weighted by Crippen LogP contribution is -2.65. The van der Waals surface area contributed by atoms with E-state index in [-0.39, 0.29) is 29.7 Å². The molecule has 3 N–H and O–H groups in total. The van der Waals surface area contributed by atoms with E-state index in [2.05, 4.69) is 15.6 Å². The maximum Gasteiger partial charge on any atom is 0.240 e. The van der Waals surface area contributed by atoms with Crippen LogP contribution in [0.2, 0.25) is 0 Å². The predicted molar refractivity (Wildman–Crippen MR) is 127 cm³/mol. The zero-order valence-electron chi connectivity index (χ0n) is 19.2. The number of ether oxygens (including phenoxy) is 1. The van der Waals surface area contributed by atoms with Gasteiger partial charge in [-0.3, -0.25) is 9.59 Å². The molecular formula is C25H31N3O5S. The lowest BCUT2D eigenvalue weighted by atomic mass is 9.51. The van der Waals surface area contributed by atoms with Gasteiger partial charge in [0.1, 0.15) is 10.6 Å². The molecule has 5 fully saturated rings. The number of aromatic nitrogens is 1. The van der Waals surface area contributed by atoms with Gasteiger partial charge < -0.3 is 24.9 Å². The molecule has 1 amide bonds. The van der Waals surface area contributed by atoms with Gasteiger partial charge in [0.25, 0.3) is 0 Å². The summed E-state index contributed by atoms with van der Waals surface area (Å²) < 4.78 is 10.9. The molecule has 3 heterocycles. The van der Waals surface area contributed by atoms with E-state index in [0.717, 1.165) is 32.1 Å². The summed E-state index contributed by atoms with van der Waals surface area (Å²) in [5, 5.41) is 17.7. The van der Waals surface area contributed by atoms with Crippen LogP contribution < -0.4 is 10.6 Å². The first kappa shape index (κ1) is 22.4. The van der Waals surface area contributed by atoms with Crippen molar-refractivity contribution in [3.63, 3.8) is 0 Å². The van der Waals surface area contributed by atoms with Crippen molar-refractivity contribution in [1.29, 1.82) is 0 Å². The average Bonchev–Trinajstić information content (AvgIpc) is 3.46. The third-order valence-corrected chi connectivity index (χ3v) is 9.08.